The fourth-order valence-electron chi connectivity index (χ4n) is 1.76. The molecule has 1 aliphatic rings. The van der Waals surface area contributed by atoms with E-state index in [2.05, 4.69) is 10.3 Å². The number of carbonyl (C=O) groups excluding carboxylic acids is 2. The third-order valence-corrected chi connectivity index (χ3v) is 3.60. The van der Waals surface area contributed by atoms with Gasteiger partial charge in [0.05, 0.1) is 23.6 Å². The van der Waals surface area contributed by atoms with Crippen LogP contribution in [0.4, 0.5) is 5.69 Å². The lowest BCUT2D eigenvalue weighted by Gasteiger charge is -2.06. The summed E-state index contributed by atoms with van der Waals surface area (Å²) in [6.07, 6.45) is 0. The van der Waals surface area contributed by atoms with E-state index in [1.165, 1.54) is 17.8 Å². The monoisotopic (exact) mass is 323 g/mol. The number of esters is 1. The van der Waals surface area contributed by atoms with Crippen LogP contribution in [-0.2, 0) is 4.74 Å². The first-order valence-electron chi connectivity index (χ1n) is 6.46. The van der Waals surface area contributed by atoms with Crippen molar-refractivity contribution in [2.45, 2.75) is 6.92 Å². The minimum Gasteiger partial charge on any atom is -0.462 e. The minimum absolute atomic E-state index is 0.00690. The van der Waals surface area contributed by atoms with Gasteiger partial charge in [-0.3, -0.25) is 19.9 Å². The van der Waals surface area contributed by atoms with E-state index >= 15 is 0 Å². The Morgan fingerprint density at radius 1 is 1.41 bits per heavy atom. The molecule has 0 atom stereocenters. The van der Waals surface area contributed by atoms with Gasteiger partial charge in [0, 0.05) is 23.4 Å². The zero-order valence-electron chi connectivity index (χ0n) is 11.7. The van der Waals surface area contributed by atoms with Crippen LogP contribution >= 0.6 is 11.8 Å². The van der Waals surface area contributed by atoms with Gasteiger partial charge in [-0.25, -0.2) is 4.79 Å². The number of amides is 1. The minimum atomic E-state index is -0.715. The van der Waals surface area contributed by atoms with Crippen LogP contribution in [0.3, 0.4) is 0 Å². The van der Waals surface area contributed by atoms with Crippen LogP contribution in [0.25, 0.3) is 0 Å². The zero-order chi connectivity index (χ0) is 16.1. The predicted octanol–water partition coefficient (Wildman–Crippen LogP) is 1.60. The second-order valence-electron chi connectivity index (χ2n) is 4.24. The molecule has 2 rings (SSSR count). The molecular formula is C13H13N3O5S. The molecule has 1 aliphatic heterocycles. The number of nitrogens with zero attached hydrogens (tertiary/aromatic N) is 2. The van der Waals surface area contributed by atoms with Crippen LogP contribution < -0.4 is 5.32 Å². The molecule has 0 radical (unpaired) electrons. The van der Waals surface area contributed by atoms with Crippen molar-refractivity contribution >= 4 is 34.5 Å². The molecule has 0 fully saturated rings. The van der Waals surface area contributed by atoms with Crippen molar-refractivity contribution in [1.82, 2.24) is 5.32 Å². The number of nitro benzene ring substituents is 1. The number of ether oxygens (including phenoxy) is 1. The Bertz CT molecular complexity index is 659. The number of non-ortho nitro benzene ring substituents is 1. The van der Waals surface area contributed by atoms with E-state index in [4.69, 9.17) is 4.74 Å². The number of thioether (sulfide) groups is 1. The van der Waals surface area contributed by atoms with Crippen LogP contribution in [-0.4, -0.2) is 40.9 Å². The lowest BCUT2D eigenvalue weighted by atomic mass is 10.1. The molecule has 0 bridgehead atoms. The molecule has 0 aliphatic carbocycles. The summed E-state index contributed by atoms with van der Waals surface area (Å²) in [5, 5.41) is 14.0. The average molecular weight is 323 g/mol. The summed E-state index contributed by atoms with van der Waals surface area (Å²) < 4.78 is 4.81. The molecule has 22 heavy (non-hydrogen) atoms. The van der Waals surface area contributed by atoms with Gasteiger partial charge in [-0.05, 0) is 13.0 Å². The first kappa shape index (κ1) is 16.0. The van der Waals surface area contributed by atoms with Gasteiger partial charge in [-0.1, -0.05) is 11.8 Å². The molecule has 0 unspecified atom stereocenters. The van der Waals surface area contributed by atoms with Gasteiger partial charge in [0.15, 0.2) is 5.17 Å². The molecule has 1 N–H and O–H groups in total. The summed E-state index contributed by atoms with van der Waals surface area (Å²) in [4.78, 5) is 38.2. The summed E-state index contributed by atoms with van der Waals surface area (Å²) in [6.45, 7) is 2.37. The van der Waals surface area contributed by atoms with Gasteiger partial charge in [0.1, 0.15) is 0 Å². The highest BCUT2D eigenvalue weighted by Crippen LogP contribution is 2.19. The van der Waals surface area contributed by atoms with Gasteiger partial charge < -0.3 is 10.1 Å². The lowest BCUT2D eigenvalue weighted by Crippen LogP contribution is -2.27. The molecule has 1 aromatic rings. The first-order chi connectivity index (χ1) is 10.5. The number of amidine groups is 1. The van der Waals surface area contributed by atoms with Crippen molar-refractivity contribution in [2.24, 2.45) is 4.99 Å². The normalized spacial score (nSPS) is 13.4. The Morgan fingerprint density at radius 2 is 2.14 bits per heavy atom. The molecule has 1 amide bonds. The summed E-state index contributed by atoms with van der Waals surface area (Å²) in [7, 11) is 0. The quantitative estimate of drug-likeness (QED) is 0.512. The van der Waals surface area contributed by atoms with Crippen LogP contribution in [0, 0.1) is 10.1 Å². The number of benzene rings is 1. The molecular weight excluding hydrogens is 310 g/mol. The van der Waals surface area contributed by atoms with E-state index in [1.807, 2.05) is 0 Å². The molecule has 0 saturated carbocycles. The van der Waals surface area contributed by atoms with Crippen molar-refractivity contribution in [3.63, 3.8) is 0 Å². The fraction of sp³-hybridized carbons (Fsp3) is 0.308. The molecule has 0 saturated heterocycles. The molecule has 1 heterocycles. The van der Waals surface area contributed by atoms with Crippen LogP contribution in [0.2, 0.25) is 0 Å². The van der Waals surface area contributed by atoms with Gasteiger partial charge in [-0.15, -0.1) is 0 Å². The van der Waals surface area contributed by atoms with E-state index in [9.17, 15) is 19.7 Å². The lowest BCUT2D eigenvalue weighted by molar-refractivity contribution is -0.384. The third kappa shape index (κ3) is 3.82. The number of hydrogen-bond acceptors (Lipinski definition) is 7. The molecule has 8 nitrogen and oxygen atoms in total. The maximum absolute atomic E-state index is 12.1. The summed E-state index contributed by atoms with van der Waals surface area (Å²) >= 11 is 1.39. The van der Waals surface area contributed by atoms with Crippen molar-refractivity contribution in [3.05, 3.63) is 39.4 Å². The summed E-state index contributed by atoms with van der Waals surface area (Å²) in [5.74, 6) is -0.492. The van der Waals surface area contributed by atoms with Crippen molar-refractivity contribution in [1.29, 1.82) is 0 Å². The van der Waals surface area contributed by atoms with Gasteiger partial charge in [-0.2, -0.15) is 0 Å². The van der Waals surface area contributed by atoms with Gasteiger partial charge in [0.25, 0.3) is 11.6 Å². The van der Waals surface area contributed by atoms with E-state index in [-0.39, 0.29) is 23.4 Å². The van der Waals surface area contributed by atoms with E-state index < -0.39 is 16.8 Å². The van der Waals surface area contributed by atoms with Gasteiger partial charge in [0.2, 0.25) is 0 Å². The van der Waals surface area contributed by atoms with Gasteiger partial charge >= 0.3 is 5.97 Å². The van der Waals surface area contributed by atoms with Crippen LogP contribution in [0.1, 0.15) is 27.6 Å². The topological polar surface area (TPSA) is 111 Å². The Hall–Kier alpha value is -2.42. The summed E-state index contributed by atoms with van der Waals surface area (Å²) in [6, 6.07) is 3.45. The van der Waals surface area contributed by atoms with E-state index in [0.717, 1.165) is 17.9 Å². The van der Waals surface area contributed by atoms with E-state index in [0.29, 0.717) is 11.7 Å². The number of rotatable bonds is 4. The Kier molecular flexibility index (Phi) is 5.10. The second kappa shape index (κ2) is 7.03. The second-order valence-corrected chi connectivity index (χ2v) is 5.32. The maximum Gasteiger partial charge on any atom is 0.338 e. The first-order valence-corrected chi connectivity index (χ1v) is 7.45. The zero-order valence-corrected chi connectivity index (χ0v) is 12.5. The van der Waals surface area contributed by atoms with Crippen LogP contribution in [0.15, 0.2) is 23.2 Å². The number of nitrogens with one attached hydrogen (secondary N) is 1. The maximum atomic E-state index is 12.1. The van der Waals surface area contributed by atoms with Crippen molar-refractivity contribution < 1.29 is 19.2 Å². The molecule has 116 valence electrons. The molecule has 1 aromatic carbocycles. The standard InChI is InChI=1S/C13H13N3O5S/c1-2-21-12(18)9-5-8(6-10(7-9)16(19)20)11(17)15-13-14-3-4-22-13/h5-7H,2-4H2,1H3,(H,14,15,17). The highest BCUT2D eigenvalue weighted by atomic mass is 32.2. The Balaban J connectivity index is 2.30. The Labute approximate surface area is 130 Å². The fourth-order valence-corrected chi connectivity index (χ4v) is 2.48. The largest absolute Gasteiger partial charge is 0.462 e. The molecule has 0 spiro atoms. The highest BCUT2D eigenvalue weighted by Gasteiger charge is 2.20. The van der Waals surface area contributed by atoms with Crippen molar-refractivity contribution in [3.8, 4) is 0 Å². The number of hydrogen-bond donors (Lipinski definition) is 1. The molecule has 9 heteroatoms. The molecule has 0 aromatic heterocycles. The summed E-state index contributed by atoms with van der Waals surface area (Å²) in [5.41, 5.74) is -0.383. The predicted molar refractivity (Wildman–Crippen MR) is 81.3 cm³/mol. The highest BCUT2D eigenvalue weighted by molar-refractivity contribution is 8.14. The average Bonchev–Trinajstić information content (AvgIpc) is 2.99. The third-order valence-electron chi connectivity index (χ3n) is 2.71. The smallest absolute Gasteiger partial charge is 0.338 e. The van der Waals surface area contributed by atoms with Crippen molar-refractivity contribution in [2.75, 3.05) is 18.9 Å². The number of nitro groups is 1. The number of aliphatic imine (C=N–C) groups is 1. The van der Waals surface area contributed by atoms with E-state index in [1.54, 1.807) is 6.92 Å². The Morgan fingerprint density at radius 3 is 2.73 bits per heavy atom. The van der Waals surface area contributed by atoms with Crippen LogP contribution in [0.5, 0.6) is 0 Å². The SMILES string of the molecule is CCOC(=O)c1cc(C(=O)NC2=NCCS2)cc([N+](=O)[O-])c1. The number of carbonyl (C=O) groups is 2.